The summed E-state index contributed by atoms with van der Waals surface area (Å²) >= 11 is 0. The molecule has 0 N–H and O–H groups in total. The molecule has 150 valence electrons. The van der Waals surface area contributed by atoms with Crippen molar-refractivity contribution in [2.45, 2.75) is 44.6 Å². The van der Waals surface area contributed by atoms with Gasteiger partial charge in [0, 0.05) is 11.1 Å². The minimum absolute atomic E-state index is 0.0146. The molecule has 28 heavy (non-hydrogen) atoms. The topological polar surface area (TPSA) is 18.5 Å². The Morgan fingerprint density at radius 1 is 1.07 bits per heavy atom. The Balaban J connectivity index is 1.73. The van der Waals surface area contributed by atoms with E-state index < -0.39 is 23.6 Å². The molecule has 1 fully saturated rings. The fourth-order valence-electron chi connectivity index (χ4n) is 3.41. The molecule has 2 aromatic carbocycles. The van der Waals surface area contributed by atoms with Crippen LogP contribution >= 0.6 is 0 Å². The average molecular weight is 390 g/mol. The SMILES string of the molecule is C=CCCc1ccc(-c2ccc(C3OCC(F)(CCC)CO3)cc2)c(F)c1F. The van der Waals surface area contributed by atoms with Crippen LogP contribution < -0.4 is 0 Å². The van der Waals surface area contributed by atoms with Crippen LogP contribution in [0.3, 0.4) is 0 Å². The summed E-state index contributed by atoms with van der Waals surface area (Å²) in [5.41, 5.74) is 0.355. The highest BCUT2D eigenvalue weighted by Crippen LogP contribution is 2.33. The molecule has 0 unspecified atom stereocenters. The molecule has 0 aliphatic carbocycles. The summed E-state index contributed by atoms with van der Waals surface area (Å²) in [5, 5.41) is 0. The van der Waals surface area contributed by atoms with Gasteiger partial charge in [-0.15, -0.1) is 6.58 Å². The molecule has 1 heterocycles. The van der Waals surface area contributed by atoms with E-state index in [9.17, 15) is 13.2 Å². The van der Waals surface area contributed by atoms with E-state index in [4.69, 9.17) is 9.47 Å². The molecule has 1 aliphatic rings. The van der Waals surface area contributed by atoms with E-state index in [0.29, 0.717) is 36.0 Å². The van der Waals surface area contributed by atoms with Crippen LogP contribution in [0.4, 0.5) is 13.2 Å². The zero-order valence-corrected chi connectivity index (χ0v) is 16.0. The van der Waals surface area contributed by atoms with Crippen LogP contribution in [0.1, 0.15) is 43.6 Å². The number of hydrogen-bond donors (Lipinski definition) is 0. The van der Waals surface area contributed by atoms with Gasteiger partial charge < -0.3 is 9.47 Å². The Morgan fingerprint density at radius 2 is 1.75 bits per heavy atom. The first kappa shape index (κ1) is 20.6. The maximum absolute atomic E-state index is 14.5. The molecule has 2 nitrogen and oxygen atoms in total. The first-order valence-corrected chi connectivity index (χ1v) is 9.57. The van der Waals surface area contributed by atoms with Gasteiger partial charge >= 0.3 is 0 Å². The van der Waals surface area contributed by atoms with Crippen molar-refractivity contribution in [3.8, 4) is 11.1 Å². The molecule has 0 radical (unpaired) electrons. The van der Waals surface area contributed by atoms with Gasteiger partial charge in [-0.05, 0) is 30.4 Å². The van der Waals surface area contributed by atoms with Crippen molar-refractivity contribution >= 4 is 0 Å². The minimum Gasteiger partial charge on any atom is -0.345 e. The standard InChI is InChI=1S/C23H25F3O2/c1-3-5-6-17-11-12-19(21(25)20(17)24)16-7-9-18(10-8-16)22-27-14-23(26,13-4-2)15-28-22/h3,7-12,22H,1,4-6,13-15H2,2H3. The number of ether oxygens (including phenoxy) is 2. The van der Waals surface area contributed by atoms with Gasteiger partial charge in [-0.25, -0.2) is 13.2 Å². The molecule has 2 aromatic rings. The molecule has 0 amide bonds. The quantitative estimate of drug-likeness (QED) is 0.516. The molecule has 3 rings (SSSR count). The van der Waals surface area contributed by atoms with Gasteiger partial charge in [0.05, 0.1) is 13.2 Å². The fraction of sp³-hybridized carbons (Fsp3) is 0.391. The van der Waals surface area contributed by atoms with Gasteiger partial charge in [-0.1, -0.05) is 55.8 Å². The largest absolute Gasteiger partial charge is 0.345 e. The van der Waals surface area contributed by atoms with E-state index in [0.717, 1.165) is 6.42 Å². The Labute approximate surface area is 164 Å². The van der Waals surface area contributed by atoms with Gasteiger partial charge in [-0.3, -0.25) is 0 Å². The van der Waals surface area contributed by atoms with E-state index in [-0.39, 0.29) is 18.8 Å². The monoisotopic (exact) mass is 390 g/mol. The number of aryl methyl sites for hydroxylation is 1. The highest BCUT2D eigenvalue weighted by molar-refractivity contribution is 5.65. The lowest BCUT2D eigenvalue weighted by Gasteiger charge is -2.34. The lowest BCUT2D eigenvalue weighted by molar-refractivity contribution is -0.238. The zero-order chi connectivity index (χ0) is 20.1. The van der Waals surface area contributed by atoms with Crippen molar-refractivity contribution in [1.29, 1.82) is 0 Å². The van der Waals surface area contributed by atoms with Crippen molar-refractivity contribution in [3.05, 3.63) is 71.8 Å². The average Bonchev–Trinajstić information content (AvgIpc) is 2.70. The Bertz CT molecular complexity index is 809. The molecular weight excluding hydrogens is 365 g/mol. The molecular formula is C23H25F3O2. The third kappa shape index (κ3) is 4.47. The van der Waals surface area contributed by atoms with Crippen molar-refractivity contribution in [1.82, 2.24) is 0 Å². The lowest BCUT2D eigenvalue weighted by atomic mass is 9.99. The third-order valence-corrected chi connectivity index (χ3v) is 4.96. The zero-order valence-electron chi connectivity index (χ0n) is 16.0. The number of allylic oxidation sites excluding steroid dienone is 1. The number of halogens is 3. The third-order valence-electron chi connectivity index (χ3n) is 4.96. The lowest BCUT2D eigenvalue weighted by Crippen LogP contribution is -2.41. The normalized spacial score (nSPS) is 22.2. The summed E-state index contributed by atoms with van der Waals surface area (Å²) in [6.45, 7) is 5.49. The van der Waals surface area contributed by atoms with Crippen LogP contribution in [0.25, 0.3) is 11.1 Å². The Morgan fingerprint density at radius 3 is 2.36 bits per heavy atom. The predicted molar refractivity (Wildman–Crippen MR) is 104 cm³/mol. The molecule has 0 aromatic heterocycles. The molecule has 0 spiro atoms. The highest BCUT2D eigenvalue weighted by atomic mass is 19.2. The molecule has 1 saturated heterocycles. The smallest absolute Gasteiger partial charge is 0.184 e. The van der Waals surface area contributed by atoms with E-state index in [1.807, 2.05) is 6.92 Å². The Hall–Kier alpha value is -2.11. The van der Waals surface area contributed by atoms with E-state index in [1.54, 1.807) is 42.5 Å². The van der Waals surface area contributed by atoms with E-state index >= 15 is 0 Å². The molecule has 0 bridgehead atoms. The van der Waals surface area contributed by atoms with Crippen molar-refractivity contribution in [2.24, 2.45) is 0 Å². The second-order valence-electron chi connectivity index (χ2n) is 7.20. The van der Waals surface area contributed by atoms with Gasteiger partial charge in [0.2, 0.25) is 0 Å². The van der Waals surface area contributed by atoms with Crippen molar-refractivity contribution in [3.63, 3.8) is 0 Å². The van der Waals surface area contributed by atoms with Crippen LogP contribution in [-0.2, 0) is 15.9 Å². The second-order valence-corrected chi connectivity index (χ2v) is 7.20. The second kappa shape index (κ2) is 8.93. The molecule has 0 saturated carbocycles. The van der Waals surface area contributed by atoms with Gasteiger partial charge in [-0.2, -0.15) is 0 Å². The van der Waals surface area contributed by atoms with Crippen LogP contribution in [-0.4, -0.2) is 18.9 Å². The minimum atomic E-state index is -1.45. The summed E-state index contributed by atoms with van der Waals surface area (Å²) in [7, 11) is 0. The van der Waals surface area contributed by atoms with Crippen LogP contribution in [0.5, 0.6) is 0 Å². The molecule has 5 heteroatoms. The number of alkyl halides is 1. The van der Waals surface area contributed by atoms with Crippen molar-refractivity contribution in [2.75, 3.05) is 13.2 Å². The summed E-state index contributed by atoms with van der Waals surface area (Å²) in [6.07, 6.45) is 3.13. The van der Waals surface area contributed by atoms with Crippen LogP contribution in [0.15, 0.2) is 49.1 Å². The van der Waals surface area contributed by atoms with Gasteiger partial charge in [0.25, 0.3) is 0 Å². The summed E-state index contributed by atoms with van der Waals surface area (Å²) in [5.74, 6) is -1.68. The van der Waals surface area contributed by atoms with Gasteiger partial charge in [0.1, 0.15) is 0 Å². The molecule has 1 aliphatic heterocycles. The first-order valence-electron chi connectivity index (χ1n) is 9.57. The van der Waals surface area contributed by atoms with E-state index in [1.165, 1.54) is 0 Å². The summed E-state index contributed by atoms with van der Waals surface area (Å²) in [4.78, 5) is 0. The van der Waals surface area contributed by atoms with E-state index in [2.05, 4.69) is 6.58 Å². The summed E-state index contributed by atoms with van der Waals surface area (Å²) < 4.78 is 54.3. The van der Waals surface area contributed by atoms with Gasteiger partial charge in [0.15, 0.2) is 23.6 Å². The van der Waals surface area contributed by atoms with Crippen LogP contribution in [0.2, 0.25) is 0 Å². The van der Waals surface area contributed by atoms with Crippen molar-refractivity contribution < 1.29 is 22.6 Å². The van der Waals surface area contributed by atoms with Crippen LogP contribution in [0, 0.1) is 11.6 Å². The first-order chi connectivity index (χ1) is 13.5. The maximum Gasteiger partial charge on any atom is 0.184 e. The number of hydrogen-bond acceptors (Lipinski definition) is 2. The number of rotatable bonds is 7. The fourth-order valence-corrected chi connectivity index (χ4v) is 3.41. The Kier molecular flexibility index (Phi) is 6.57. The highest BCUT2D eigenvalue weighted by Gasteiger charge is 2.36. The maximum atomic E-state index is 14.5. The predicted octanol–water partition coefficient (Wildman–Crippen LogP) is 6.30. The summed E-state index contributed by atoms with van der Waals surface area (Å²) in [6, 6.07) is 10.0. The molecule has 0 atom stereocenters. The number of benzene rings is 2.